The van der Waals surface area contributed by atoms with Gasteiger partial charge in [-0.2, -0.15) is 0 Å². The van der Waals surface area contributed by atoms with Gasteiger partial charge in [0, 0.05) is 25.8 Å². The number of ether oxygens (including phenoxy) is 1. The molecule has 1 saturated carbocycles. The number of hydrogen-bond acceptors (Lipinski definition) is 3. The van der Waals surface area contributed by atoms with Crippen LogP contribution in [-0.4, -0.2) is 42.5 Å². The molecule has 0 aromatic rings. The minimum Gasteiger partial charge on any atom is -0.377 e. The van der Waals surface area contributed by atoms with Crippen LogP contribution in [0, 0.1) is 17.8 Å². The lowest BCUT2D eigenvalue weighted by Gasteiger charge is -2.35. The van der Waals surface area contributed by atoms with Crippen LogP contribution in [0.1, 0.15) is 51.9 Å². The van der Waals surface area contributed by atoms with Crippen LogP contribution in [0.25, 0.3) is 0 Å². The molecule has 2 aliphatic heterocycles. The van der Waals surface area contributed by atoms with Crippen LogP contribution in [0.2, 0.25) is 0 Å². The Morgan fingerprint density at radius 2 is 1.79 bits per heavy atom. The zero-order chi connectivity index (χ0) is 17.1. The highest BCUT2D eigenvalue weighted by Gasteiger charge is 2.39. The molecule has 0 aromatic carbocycles. The Morgan fingerprint density at radius 1 is 1.12 bits per heavy atom. The van der Waals surface area contributed by atoms with Crippen LogP contribution in [0.5, 0.6) is 0 Å². The Kier molecular flexibility index (Phi) is 5.59. The topological polar surface area (TPSA) is 72.6 Å². The van der Waals surface area contributed by atoms with Gasteiger partial charge in [-0.3, -0.25) is 9.59 Å². The maximum absolute atomic E-state index is 12.5. The predicted molar refractivity (Wildman–Crippen MR) is 92.1 cm³/mol. The summed E-state index contributed by atoms with van der Waals surface area (Å²) < 4.78 is 5.78. The number of nitrogens with two attached hydrogens (primary N) is 1. The smallest absolute Gasteiger partial charge is 0.246 e. The second kappa shape index (κ2) is 7.68. The molecule has 3 fully saturated rings. The molecule has 1 aliphatic carbocycles. The molecule has 3 rings (SSSR count). The fourth-order valence-electron chi connectivity index (χ4n) is 4.37. The third-order valence-electron chi connectivity index (χ3n) is 6.06. The summed E-state index contributed by atoms with van der Waals surface area (Å²) in [5, 5.41) is 0. The zero-order valence-electron chi connectivity index (χ0n) is 14.7. The van der Waals surface area contributed by atoms with Crippen LogP contribution in [0.3, 0.4) is 0 Å². The predicted octanol–water partition coefficient (Wildman–Crippen LogP) is 2.25. The highest BCUT2D eigenvalue weighted by atomic mass is 16.5. The lowest BCUT2D eigenvalue weighted by Crippen LogP contribution is -2.43. The fourth-order valence-corrected chi connectivity index (χ4v) is 4.37. The molecular weight excluding hydrogens is 304 g/mol. The third kappa shape index (κ3) is 4.00. The molecule has 0 radical (unpaired) electrons. The molecule has 0 unspecified atom stereocenters. The summed E-state index contributed by atoms with van der Waals surface area (Å²) >= 11 is 0. The van der Waals surface area contributed by atoms with E-state index in [0.717, 1.165) is 51.1 Å². The highest BCUT2D eigenvalue weighted by Crippen LogP contribution is 2.33. The van der Waals surface area contributed by atoms with Gasteiger partial charge in [0.05, 0.1) is 12.0 Å². The first-order valence-electron chi connectivity index (χ1n) is 9.44. The van der Waals surface area contributed by atoms with Gasteiger partial charge in [-0.25, -0.2) is 0 Å². The van der Waals surface area contributed by atoms with Crippen molar-refractivity contribution in [3.05, 3.63) is 11.6 Å². The van der Waals surface area contributed by atoms with E-state index in [9.17, 15) is 9.59 Å². The SMILES string of the molecule is CC1CCC(=CC(=O)N2CCC([C@H]3OCC[C@@H]3C(N)=O)CC2)CC1. The second-order valence-corrected chi connectivity index (χ2v) is 7.78. The minimum atomic E-state index is -0.243. The molecule has 134 valence electrons. The number of likely N-dealkylation sites (tertiary alicyclic amines) is 1. The summed E-state index contributed by atoms with van der Waals surface area (Å²) in [4.78, 5) is 26.0. The van der Waals surface area contributed by atoms with Gasteiger partial charge in [-0.15, -0.1) is 0 Å². The van der Waals surface area contributed by atoms with Gasteiger partial charge >= 0.3 is 0 Å². The van der Waals surface area contributed by atoms with Crippen molar-refractivity contribution in [2.24, 2.45) is 23.5 Å². The van der Waals surface area contributed by atoms with Gasteiger partial charge in [-0.05, 0) is 56.8 Å². The number of primary amides is 1. The first-order valence-corrected chi connectivity index (χ1v) is 9.44. The van der Waals surface area contributed by atoms with Gasteiger partial charge in [0.25, 0.3) is 0 Å². The van der Waals surface area contributed by atoms with Crippen molar-refractivity contribution in [1.29, 1.82) is 0 Å². The highest BCUT2D eigenvalue weighted by molar-refractivity contribution is 5.88. The van der Waals surface area contributed by atoms with E-state index in [4.69, 9.17) is 10.5 Å². The Bertz CT molecular complexity index is 499. The van der Waals surface area contributed by atoms with E-state index in [-0.39, 0.29) is 23.8 Å². The summed E-state index contributed by atoms with van der Waals surface area (Å²) in [7, 11) is 0. The Morgan fingerprint density at radius 3 is 2.42 bits per heavy atom. The number of nitrogens with zero attached hydrogens (tertiary/aromatic N) is 1. The minimum absolute atomic E-state index is 0.0436. The maximum atomic E-state index is 12.5. The number of carbonyl (C=O) groups excluding carboxylic acids is 2. The van der Waals surface area contributed by atoms with Gasteiger partial charge in [0.2, 0.25) is 11.8 Å². The summed E-state index contributed by atoms with van der Waals surface area (Å²) in [6.07, 6.45) is 8.93. The lowest BCUT2D eigenvalue weighted by molar-refractivity contribution is -0.130. The van der Waals surface area contributed by atoms with Crippen molar-refractivity contribution in [3.8, 4) is 0 Å². The van der Waals surface area contributed by atoms with E-state index >= 15 is 0 Å². The van der Waals surface area contributed by atoms with Gasteiger partial charge in [-0.1, -0.05) is 12.5 Å². The van der Waals surface area contributed by atoms with Crippen LogP contribution in [0.15, 0.2) is 11.6 Å². The zero-order valence-corrected chi connectivity index (χ0v) is 14.7. The van der Waals surface area contributed by atoms with E-state index in [2.05, 4.69) is 6.92 Å². The Labute approximate surface area is 144 Å². The summed E-state index contributed by atoms with van der Waals surface area (Å²) in [5.41, 5.74) is 6.81. The third-order valence-corrected chi connectivity index (χ3v) is 6.06. The first-order chi connectivity index (χ1) is 11.5. The van der Waals surface area contributed by atoms with Crippen molar-refractivity contribution in [2.75, 3.05) is 19.7 Å². The number of allylic oxidation sites excluding steroid dienone is 1. The van der Waals surface area contributed by atoms with E-state index in [0.29, 0.717) is 12.5 Å². The van der Waals surface area contributed by atoms with Crippen LogP contribution < -0.4 is 5.73 Å². The van der Waals surface area contributed by atoms with Crippen molar-refractivity contribution in [1.82, 2.24) is 4.90 Å². The van der Waals surface area contributed by atoms with Crippen molar-refractivity contribution in [2.45, 2.75) is 58.0 Å². The molecular formula is C19H30N2O3. The maximum Gasteiger partial charge on any atom is 0.246 e. The first kappa shape index (κ1) is 17.5. The molecule has 5 heteroatoms. The summed E-state index contributed by atoms with van der Waals surface area (Å²) in [6.45, 7) is 4.43. The van der Waals surface area contributed by atoms with Crippen LogP contribution in [0.4, 0.5) is 0 Å². The van der Waals surface area contributed by atoms with Crippen molar-refractivity contribution >= 4 is 11.8 Å². The van der Waals surface area contributed by atoms with Crippen molar-refractivity contribution < 1.29 is 14.3 Å². The quantitative estimate of drug-likeness (QED) is 0.805. The molecule has 2 saturated heterocycles. The van der Waals surface area contributed by atoms with E-state index < -0.39 is 0 Å². The average Bonchev–Trinajstić information content (AvgIpc) is 3.07. The molecule has 0 spiro atoms. The van der Waals surface area contributed by atoms with E-state index in [1.54, 1.807) is 0 Å². The Hall–Kier alpha value is -1.36. The molecule has 2 atom stereocenters. The average molecular weight is 334 g/mol. The standard InChI is InChI=1S/C19H30N2O3/c1-13-2-4-14(5-3-13)12-17(22)21-9-6-15(7-10-21)18-16(19(20)23)8-11-24-18/h12-13,15-16,18H,2-11H2,1H3,(H2,20,23)/t13?,16-,18+/m0/s1. The normalized spacial score (nSPS) is 32.0. The van der Waals surface area contributed by atoms with E-state index in [1.165, 1.54) is 18.4 Å². The molecule has 0 bridgehead atoms. The second-order valence-electron chi connectivity index (χ2n) is 7.78. The molecule has 3 aliphatic rings. The molecule has 5 nitrogen and oxygen atoms in total. The van der Waals surface area contributed by atoms with Crippen LogP contribution in [-0.2, 0) is 14.3 Å². The number of rotatable bonds is 3. The number of amides is 2. The van der Waals surface area contributed by atoms with Gasteiger partial charge < -0.3 is 15.4 Å². The number of carbonyl (C=O) groups is 2. The molecule has 2 N–H and O–H groups in total. The van der Waals surface area contributed by atoms with Crippen molar-refractivity contribution in [3.63, 3.8) is 0 Å². The number of piperidine rings is 1. The van der Waals surface area contributed by atoms with Gasteiger partial charge in [0.15, 0.2) is 0 Å². The monoisotopic (exact) mass is 334 g/mol. The molecule has 2 heterocycles. The largest absolute Gasteiger partial charge is 0.377 e. The molecule has 24 heavy (non-hydrogen) atoms. The Balaban J connectivity index is 1.50. The fraction of sp³-hybridized carbons (Fsp3) is 0.789. The molecule has 0 aromatic heterocycles. The lowest BCUT2D eigenvalue weighted by atomic mass is 9.83. The summed E-state index contributed by atoms with van der Waals surface area (Å²) in [6, 6.07) is 0. The van der Waals surface area contributed by atoms with E-state index in [1.807, 2.05) is 11.0 Å². The number of hydrogen-bond donors (Lipinski definition) is 1. The molecule has 2 amide bonds. The van der Waals surface area contributed by atoms with Crippen LogP contribution >= 0.6 is 0 Å². The van der Waals surface area contributed by atoms with Gasteiger partial charge in [0.1, 0.15) is 0 Å². The summed E-state index contributed by atoms with van der Waals surface area (Å²) in [5.74, 6) is 0.905.